The van der Waals surface area contributed by atoms with E-state index in [1.165, 1.54) is 62.8 Å². The van der Waals surface area contributed by atoms with Gasteiger partial charge >= 0.3 is 0 Å². The van der Waals surface area contributed by atoms with Gasteiger partial charge in [-0.2, -0.15) is 11.8 Å². The van der Waals surface area contributed by atoms with E-state index in [0.29, 0.717) is 150 Å². The second kappa shape index (κ2) is 64.9. The molecular weight excluding hydrogens is 1900 g/mol. The quantitative estimate of drug-likeness (QED) is 0.0164. The lowest BCUT2D eigenvalue weighted by Gasteiger charge is -2.37. The summed E-state index contributed by atoms with van der Waals surface area (Å²) in [5, 5.41) is 9.21. The summed E-state index contributed by atoms with van der Waals surface area (Å²) >= 11 is 1.93. The third-order valence-electron chi connectivity index (χ3n) is 27.2. The molecule has 2 heterocycles. The number of carbonyl (C=O) groups is 15. The number of nitrogens with two attached hydrogens (primary N) is 5. The summed E-state index contributed by atoms with van der Waals surface area (Å²) in [6.07, 6.45) is 9.34. The molecule has 0 radical (unpaired) electrons. The zero-order valence-corrected chi connectivity index (χ0v) is 88.6. The lowest BCUT2D eigenvalue weighted by atomic mass is 9.97. The summed E-state index contributed by atoms with van der Waals surface area (Å²) in [5.74, 6) is -4.67. The number of fused-ring (bicyclic) bond motifs is 1. The summed E-state index contributed by atoms with van der Waals surface area (Å²) in [6, 6.07) is 61.1. The van der Waals surface area contributed by atoms with Crippen LogP contribution >= 0.6 is 11.8 Å². The Balaban J connectivity index is 0.000000461. The van der Waals surface area contributed by atoms with Gasteiger partial charge in [-0.15, -0.1) is 0 Å². The summed E-state index contributed by atoms with van der Waals surface area (Å²) in [7, 11) is 1.86. The molecule has 7 aromatic rings. The minimum Gasteiger partial charge on any atom is -0.368 e. The van der Waals surface area contributed by atoms with Crippen molar-refractivity contribution >= 4 is 100 Å². The average Bonchev–Trinajstić information content (AvgIpc) is 1.55. The van der Waals surface area contributed by atoms with E-state index >= 15 is 28.8 Å². The Morgan fingerprint density at radius 2 is 0.696 bits per heavy atom. The Labute approximate surface area is 878 Å². The molecule has 2 saturated heterocycles. The molecule has 35 heteroatoms. The highest BCUT2D eigenvalue weighted by Gasteiger charge is 2.44. The van der Waals surface area contributed by atoms with E-state index in [4.69, 9.17) is 28.7 Å². The maximum atomic E-state index is 15.6. The molecule has 2 aliphatic rings. The summed E-state index contributed by atoms with van der Waals surface area (Å²) < 4.78 is 0. The van der Waals surface area contributed by atoms with Crippen molar-refractivity contribution in [3.8, 4) is 0 Å². The van der Waals surface area contributed by atoms with E-state index in [1.807, 2.05) is 243 Å². The third kappa shape index (κ3) is 40.5. The fourth-order valence-electron chi connectivity index (χ4n) is 18.4. The smallest absolute Gasteiger partial charge is 0.243 e. The van der Waals surface area contributed by atoms with Gasteiger partial charge < -0.3 is 93.6 Å². The highest BCUT2D eigenvalue weighted by molar-refractivity contribution is 8.00. The first-order valence-electron chi connectivity index (χ1n) is 52.1. The Morgan fingerprint density at radius 3 is 1.05 bits per heavy atom. The number of Topliss-reactive ketones (excluding diaryl/α,β-unsaturated/α-hetero) is 1. The Bertz CT molecular complexity index is 5310. The lowest BCUT2D eigenvalue weighted by molar-refractivity contribution is -0.151. The van der Waals surface area contributed by atoms with Gasteiger partial charge in [0.2, 0.25) is 82.7 Å². The van der Waals surface area contributed by atoms with Crippen molar-refractivity contribution in [2.24, 2.45) is 34.6 Å². The molecule has 1 unspecified atom stereocenters. The van der Waals surface area contributed by atoms with Gasteiger partial charge in [0.25, 0.3) is 0 Å². The van der Waals surface area contributed by atoms with Gasteiger partial charge in [-0.05, 0) is 209 Å². The van der Waals surface area contributed by atoms with Crippen LogP contribution in [0.2, 0.25) is 0 Å². The normalized spacial score (nSPS) is 14.6. The van der Waals surface area contributed by atoms with Gasteiger partial charge in [-0.3, -0.25) is 76.8 Å². The monoisotopic (exact) mass is 2050 g/mol. The first-order chi connectivity index (χ1) is 71.2. The van der Waals surface area contributed by atoms with Crippen LogP contribution in [0.4, 0.5) is 0 Å². The molecule has 0 spiro atoms. The number of likely N-dealkylation sites (N-methyl/N-ethyl adjacent to an activating group) is 1. The molecule has 0 bridgehead atoms. The number of thioether (sulfide) groups is 1. The molecule has 9 atom stereocenters. The van der Waals surface area contributed by atoms with Crippen LogP contribution in [-0.2, 0) is 85.0 Å². The van der Waals surface area contributed by atoms with E-state index in [-0.39, 0.29) is 94.9 Å². The zero-order valence-electron chi connectivity index (χ0n) is 87.8. The maximum Gasteiger partial charge on any atom is 0.243 e. The number of benzene rings is 7. The number of nitrogens with one attached hydrogen (secondary N) is 3. The highest BCUT2D eigenvalue weighted by Crippen LogP contribution is 2.40. The first kappa shape index (κ1) is 120. The molecule has 13 N–H and O–H groups in total. The molecule has 148 heavy (non-hydrogen) atoms. The van der Waals surface area contributed by atoms with E-state index in [0.717, 1.165) is 47.3 Å². The molecule has 0 saturated carbocycles. The van der Waals surface area contributed by atoms with Gasteiger partial charge in [0.1, 0.15) is 44.5 Å². The van der Waals surface area contributed by atoms with E-state index in [1.54, 1.807) is 27.7 Å². The second-order valence-corrected chi connectivity index (χ2v) is 39.8. The number of nitrogens with zero attached hydrogens (tertiary/aromatic N) is 11. The first-order valence-corrected chi connectivity index (χ1v) is 53.2. The summed E-state index contributed by atoms with van der Waals surface area (Å²) in [4.78, 5) is 225. The Kier molecular flexibility index (Phi) is 52.7. The van der Waals surface area contributed by atoms with E-state index in [9.17, 15) is 43.2 Å². The standard InChI is InChI=1S/C77H109N13O10.C36H50N6O5S/c1-58(91)49-82(45-27-23-41-78)71(94)54-87(60(3)66-33-15-9-16-34-66)75(98)51-84(47-29-25-43-80)73(96)56-89(62(5)68-37-19-11-20-38-68)77(100)57-90(63(6)69-39-21-12-22-40-69)76(99)52-85(48-30-26-44-81)72(95)55-88(61(4)67-35-17-10-18-36-67)74(97)50-83(46-28-24-42-79)70(93)53-86(64(7)92)59(2)65-31-13-8-14-32-65;1-41(21-26-12-4-2-5-13-26)24-34(46)42(22-27-14-6-3-7-15-27)23-33(45)39-29(36(37)47)16-10-11-19-38-31(43)18-9-8-17-30-35-28(25-48-30)20-32(44)40-35/h8-22,31-40,59-63H,23-30,41-57,78-81H2,1-7H3;2-7,12-15,28-30,35H,8-11,16-25H2,1H3,(H2,37,47)(H,38,43)(H,39,45)(H,40,44)/t59-,60-,61-,62-,63-;28-,29-,30?,35-/m00/s1. The molecule has 2 fully saturated rings. The average molecular weight is 2060 g/mol. The van der Waals surface area contributed by atoms with Crippen LogP contribution in [0, 0.1) is 5.92 Å². The molecular formula is C113H159N19O15S. The topological polar surface area (TPSA) is 458 Å². The fourth-order valence-corrected chi connectivity index (χ4v) is 20.0. The minimum absolute atomic E-state index is 0.00142. The number of carbonyl (C=O) groups excluding carboxylic acids is 15. The van der Waals surface area contributed by atoms with Crippen molar-refractivity contribution in [2.75, 3.05) is 144 Å². The molecule has 7 aromatic carbocycles. The largest absolute Gasteiger partial charge is 0.368 e. The molecule has 9 rings (SSSR count). The number of rotatable bonds is 64. The van der Waals surface area contributed by atoms with Crippen LogP contribution in [0.5, 0.6) is 0 Å². The number of unbranched alkanes of at least 4 members (excludes halogenated alkanes) is 6. The van der Waals surface area contributed by atoms with Crippen molar-refractivity contribution < 1.29 is 71.9 Å². The number of primary amides is 1. The van der Waals surface area contributed by atoms with Crippen LogP contribution in [0.15, 0.2) is 212 Å². The lowest BCUT2D eigenvalue weighted by Crippen LogP contribution is -2.53. The minimum atomic E-state index is -0.875. The van der Waals surface area contributed by atoms with Crippen molar-refractivity contribution in [3.63, 3.8) is 0 Å². The van der Waals surface area contributed by atoms with Gasteiger partial charge in [0.05, 0.1) is 69.5 Å². The zero-order chi connectivity index (χ0) is 107. The fraction of sp³-hybridized carbons (Fsp3) is 0.496. The molecule has 34 nitrogen and oxygen atoms in total. The van der Waals surface area contributed by atoms with E-state index < -0.39 is 141 Å². The molecule has 14 amide bonds. The van der Waals surface area contributed by atoms with Crippen molar-refractivity contribution in [1.29, 1.82) is 0 Å². The molecule has 802 valence electrons. The summed E-state index contributed by atoms with van der Waals surface area (Å²) in [5.41, 5.74) is 34.9. The van der Waals surface area contributed by atoms with Gasteiger partial charge in [0.15, 0.2) is 0 Å². The number of amides is 14. The number of ketones is 1. The van der Waals surface area contributed by atoms with Crippen LogP contribution in [0.1, 0.15) is 220 Å². The van der Waals surface area contributed by atoms with Gasteiger partial charge in [-0.1, -0.05) is 219 Å². The molecule has 0 aromatic heterocycles. The van der Waals surface area contributed by atoms with E-state index in [2.05, 4.69) is 16.0 Å². The van der Waals surface area contributed by atoms with Crippen molar-refractivity contribution in [2.45, 2.75) is 212 Å². The maximum absolute atomic E-state index is 15.6. The van der Waals surface area contributed by atoms with Crippen molar-refractivity contribution in [1.82, 2.24) is 69.8 Å². The van der Waals surface area contributed by atoms with Gasteiger partial charge in [-0.25, -0.2) is 0 Å². The third-order valence-corrected chi connectivity index (χ3v) is 28.7. The predicted octanol–water partition coefficient (Wildman–Crippen LogP) is 9.40. The second-order valence-electron chi connectivity index (χ2n) is 38.5. The number of hydrogen-bond donors (Lipinski definition) is 8. The molecule has 0 aliphatic carbocycles. The van der Waals surface area contributed by atoms with Crippen molar-refractivity contribution in [3.05, 3.63) is 251 Å². The van der Waals surface area contributed by atoms with Crippen LogP contribution in [0.3, 0.4) is 0 Å². The Hall–Kier alpha value is -13.1. The SMILES string of the molecule is CC(=O)CN(CCCCN)C(=O)CN(C(=O)CN(CCCCN)C(=O)CN(C(=O)CN(C(=O)CN(CCCCN)C(=O)CN(C(=O)CN(CCCCN)C(=O)CN(C(C)=O)[C@@H](C)c1ccccc1)[C@@H](C)c1ccccc1)[C@@H](C)c1ccccc1)[C@@H](C)c1ccccc1)[C@@H](C)c1ccccc1.CN(CC(=O)N(CC(=O)N[C@@H](CCCCNC(=O)CCCCC1SC[C@@H]2CC(=O)N[C@H]12)C(N)=O)Cc1ccccc1)Cc1ccccc1. The van der Waals surface area contributed by atoms with Crippen LogP contribution in [0.25, 0.3) is 0 Å². The van der Waals surface area contributed by atoms with Gasteiger partial charge in [0, 0.05) is 76.9 Å². The van der Waals surface area contributed by atoms with Crippen LogP contribution in [-0.4, -0.2) is 303 Å². The highest BCUT2D eigenvalue weighted by atomic mass is 32.2. The summed E-state index contributed by atoms with van der Waals surface area (Å²) in [6.45, 7) is 10.8. The molecule has 2 aliphatic heterocycles. The predicted molar refractivity (Wildman–Crippen MR) is 576 cm³/mol. The number of hydrogen-bond acceptors (Lipinski definition) is 21. The Morgan fingerprint density at radius 1 is 0.365 bits per heavy atom. The van der Waals surface area contributed by atoms with Crippen LogP contribution < -0.4 is 44.6 Å².